The number of fused-ring (bicyclic) bond motifs is 1. The summed E-state index contributed by atoms with van der Waals surface area (Å²) in [6.07, 6.45) is 0. The molecule has 0 saturated carbocycles. The second-order valence-electron chi connectivity index (χ2n) is 6.45. The largest absolute Gasteiger partial charge is 0.431 e. The van der Waals surface area contributed by atoms with Crippen LogP contribution >= 0.6 is 11.8 Å². The van der Waals surface area contributed by atoms with Crippen molar-refractivity contribution in [3.63, 3.8) is 0 Å². The number of benzene rings is 2. The van der Waals surface area contributed by atoms with Gasteiger partial charge in [-0.25, -0.2) is 4.98 Å². The monoisotopic (exact) mass is 369 g/mol. The van der Waals surface area contributed by atoms with E-state index in [1.165, 1.54) is 11.8 Å². The first-order valence-electron chi connectivity index (χ1n) is 8.54. The van der Waals surface area contributed by atoms with E-state index in [4.69, 9.17) is 4.42 Å². The van der Waals surface area contributed by atoms with E-state index in [0.29, 0.717) is 23.1 Å². The molecule has 0 aliphatic heterocycles. The zero-order valence-corrected chi connectivity index (χ0v) is 16.1. The topological polar surface area (TPSA) is 58.4 Å². The van der Waals surface area contributed by atoms with Crippen LogP contribution in [0.3, 0.4) is 0 Å². The van der Waals surface area contributed by atoms with Gasteiger partial charge in [0.05, 0.1) is 0 Å². The first-order valence-corrected chi connectivity index (χ1v) is 9.52. The lowest BCUT2D eigenvalue weighted by atomic mass is 10.1. The van der Waals surface area contributed by atoms with Crippen LogP contribution < -0.4 is 5.32 Å². The Kier molecular flexibility index (Phi) is 5.96. The maximum atomic E-state index is 12.2. The number of carbonyl (C=O) groups excluding carboxylic acids is 1. The van der Waals surface area contributed by atoms with Crippen molar-refractivity contribution in [3.05, 3.63) is 59.2 Å². The van der Waals surface area contributed by atoms with Gasteiger partial charge in [0.2, 0.25) is 0 Å². The number of aromatic nitrogens is 1. The average Bonchev–Trinajstić information content (AvgIpc) is 3.04. The molecule has 0 aliphatic rings. The van der Waals surface area contributed by atoms with E-state index in [1.54, 1.807) is 0 Å². The number of thioether (sulfide) groups is 1. The van der Waals surface area contributed by atoms with Crippen LogP contribution in [0.2, 0.25) is 0 Å². The summed E-state index contributed by atoms with van der Waals surface area (Å²) in [6, 6.07) is 13.6. The van der Waals surface area contributed by atoms with Crippen molar-refractivity contribution >= 4 is 28.8 Å². The molecule has 1 amide bonds. The molecule has 0 spiro atoms. The van der Waals surface area contributed by atoms with E-state index in [2.05, 4.69) is 10.3 Å². The zero-order chi connectivity index (χ0) is 18.5. The first kappa shape index (κ1) is 18.5. The third kappa shape index (κ3) is 4.65. The van der Waals surface area contributed by atoms with Gasteiger partial charge in [-0.05, 0) is 50.3 Å². The lowest BCUT2D eigenvalue weighted by Crippen LogP contribution is -2.31. The molecule has 0 radical (unpaired) electrons. The number of carbonyl (C=O) groups is 1. The van der Waals surface area contributed by atoms with Crippen LogP contribution in [0.5, 0.6) is 0 Å². The number of nitrogens with one attached hydrogen (secondary N) is 1. The Balaban J connectivity index is 1.62. The van der Waals surface area contributed by atoms with Gasteiger partial charge in [-0.1, -0.05) is 36.0 Å². The van der Waals surface area contributed by atoms with Gasteiger partial charge in [0.15, 0.2) is 5.58 Å². The van der Waals surface area contributed by atoms with Crippen molar-refractivity contribution in [2.24, 2.45) is 0 Å². The summed E-state index contributed by atoms with van der Waals surface area (Å²) in [4.78, 5) is 18.8. The molecule has 136 valence electrons. The van der Waals surface area contributed by atoms with Gasteiger partial charge >= 0.3 is 0 Å². The number of oxazole rings is 1. The molecule has 0 fully saturated rings. The Morgan fingerprint density at radius 2 is 2.04 bits per heavy atom. The van der Waals surface area contributed by atoms with Crippen molar-refractivity contribution in [3.8, 4) is 0 Å². The molecule has 1 N–H and O–H groups in total. The first-order chi connectivity index (χ1) is 12.5. The number of likely N-dealkylation sites (N-methyl/N-ethyl adjacent to an activating group) is 1. The van der Waals surface area contributed by atoms with Crippen LogP contribution in [0, 0.1) is 6.92 Å². The minimum Gasteiger partial charge on any atom is -0.431 e. The standard InChI is InChI=1S/C20H23N3O2S/c1-14-6-4-9-17-18(14)22-20(25-17)26-13-15-7-5-8-16(12-15)19(24)21-10-11-23(2)3/h4-9,12H,10-11,13H2,1-3H3,(H,21,24). The third-order valence-corrected chi connectivity index (χ3v) is 4.90. The highest BCUT2D eigenvalue weighted by Crippen LogP contribution is 2.27. The second kappa shape index (κ2) is 8.38. The zero-order valence-electron chi connectivity index (χ0n) is 15.3. The molecule has 2 aromatic carbocycles. The van der Waals surface area contributed by atoms with Gasteiger partial charge in [-0.2, -0.15) is 0 Å². The fourth-order valence-electron chi connectivity index (χ4n) is 2.57. The summed E-state index contributed by atoms with van der Waals surface area (Å²) in [5.74, 6) is 0.654. The van der Waals surface area contributed by atoms with Crippen molar-refractivity contribution in [2.75, 3.05) is 27.2 Å². The van der Waals surface area contributed by atoms with Gasteiger partial charge in [0, 0.05) is 24.4 Å². The summed E-state index contributed by atoms with van der Waals surface area (Å²) in [7, 11) is 3.97. The Bertz CT molecular complexity index is 905. The third-order valence-electron chi connectivity index (χ3n) is 4.00. The van der Waals surface area contributed by atoms with Crippen molar-refractivity contribution in [1.82, 2.24) is 15.2 Å². The molecule has 3 aromatic rings. The molecule has 0 bridgehead atoms. The minimum atomic E-state index is -0.0452. The Morgan fingerprint density at radius 3 is 2.81 bits per heavy atom. The van der Waals surface area contributed by atoms with Crippen LogP contribution in [-0.4, -0.2) is 43.0 Å². The predicted octanol–water partition coefficient (Wildman–Crippen LogP) is 3.72. The van der Waals surface area contributed by atoms with Gasteiger partial charge in [-0.3, -0.25) is 4.79 Å². The number of nitrogens with zero attached hydrogens (tertiary/aromatic N) is 2. The summed E-state index contributed by atoms with van der Waals surface area (Å²) < 4.78 is 5.79. The van der Waals surface area contributed by atoms with E-state index in [-0.39, 0.29) is 5.91 Å². The van der Waals surface area contributed by atoms with Crippen LogP contribution in [0.15, 0.2) is 52.1 Å². The van der Waals surface area contributed by atoms with Crippen molar-refractivity contribution in [2.45, 2.75) is 17.9 Å². The van der Waals surface area contributed by atoms with Crippen LogP contribution in [0.4, 0.5) is 0 Å². The molecular formula is C20H23N3O2S. The quantitative estimate of drug-likeness (QED) is 0.643. The lowest BCUT2D eigenvalue weighted by Gasteiger charge is -2.10. The molecular weight excluding hydrogens is 346 g/mol. The molecule has 1 aromatic heterocycles. The van der Waals surface area contributed by atoms with E-state index >= 15 is 0 Å². The van der Waals surface area contributed by atoms with Crippen molar-refractivity contribution < 1.29 is 9.21 Å². The van der Waals surface area contributed by atoms with Gasteiger partial charge in [0.25, 0.3) is 11.1 Å². The van der Waals surface area contributed by atoms with E-state index in [9.17, 15) is 4.79 Å². The number of hydrogen-bond donors (Lipinski definition) is 1. The van der Waals surface area contributed by atoms with Crippen LogP contribution in [0.25, 0.3) is 11.1 Å². The van der Waals surface area contributed by atoms with Crippen LogP contribution in [0.1, 0.15) is 21.5 Å². The minimum absolute atomic E-state index is 0.0452. The molecule has 0 unspecified atom stereocenters. The highest BCUT2D eigenvalue weighted by atomic mass is 32.2. The number of hydrogen-bond acceptors (Lipinski definition) is 5. The molecule has 1 heterocycles. The van der Waals surface area contributed by atoms with Gasteiger partial charge in [0.1, 0.15) is 5.52 Å². The SMILES string of the molecule is Cc1cccc2oc(SCc3cccc(C(=O)NCCN(C)C)c3)nc12. The summed E-state index contributed by atoms with van der Waals surface area (Å²) in [5.41, 5.74) is 4.56. The molecule has 3 rings (SSSR count). The van der Waals surface area contributed by atoms with E-state index in [0.717, 1.165) is 28.8 Å². The highest BCUT2D eigenvalue weighted by molar-refractivity contribution is 7.98. The Hall–Kier alpha value is -2.31. The van der Waals surface area contributed by atoms with Crippen molar-refractivity contribution in [1.29, 1.82) is 0 Å². The molecule has 26 heavy (non-hydrogen) atoms. The second-order valence-corrected chi connectivity index (χ2v) is 7.38. The number of aryl methyl sites for hydroxylation is 1. The molecule has 0 atom stereocenters. The Labute approximate surface area is 157 Å². The number of para-hydroxylation sites is 1. The molecule has 0 saturated heterocycles. The summed E-state index contributed by atoms with van der Waals surface area (Å²) >= 11 is 1.53. The Morgan fingerprint density at radius 1 is 1.23 bits per heavy atom. The normalized spacial score (nSPS) is 11.2. The maximum absolute atomic E-state index is 12.2. The molecule has 5 nitrogen and oxygen atoms in total. The van der Waals surface area contributed by atoms with E-state index < -0.39 is 0 Å². The van der Waals surface area contributed by atoms with Gasteiger partial charge < -0.3 is 14.6 Å². The fourth-order valence-corrected chi connectivity index (χ4v) is 3.34. The maximum Gasteiger partial charge on any atom is 0.257 e. The number of amides is 1. The highest BCUT2D eigenvalue weighted by Gasteiger charge is 2.10. The number of rotatable bonds is 7. The smallest absolute Gasteiger partial charge is 0.257 e. The predicted molar refractivity (Wildman–Crippen MR) is 106 cm³/mol. The lowest BCUT2D eigenvalue weighted by molar-refractivity contribution is 0.0951. The van der Waals surface area contributed by atoms with Crippen LogP contribution in [-0.2, 0) is 5.75 Å². The average molecular weight is 369 g/mol. The molecule has 0 aliphatic carbocycles. The molecule has 6 heteroatoms. The summed E-state index contributed by atoms with van der Waals surface area (Å²) in [6.45, 7) is 3.48. The van der Waals surface area contributed by atoms with E-state index in [1.807, 2.05) is 68.4 Å². The summed E-state index contributed by atoms with van der Waals surface area (Å²) in [5, 5.41) is 3.59. The van der Waals surface area contributed by atoms with Gasteiger partial charge in [-0.15, -0.1) is 0 Å². The fraction of sp³-hybridized carbons (Fsp3) is 0.300.